The average Bonchev–Trinajstić information content (AvgIpc) is 3.27. The van der Waals surface area contributed by atoms with Crippen molar-refractivity contribution in [2.24, 2.45) is 0 Å². The molecule has 6 nitrogen and oxygen atoms in total. The SMILES string of the molecule is CN(c1ccccc1)S(=O)(=O)c1ccc(C(=O)Nc2nc3c(ccc4ccccc43)s2)cc1. The van der Waals surface area contributed by atoms with Gasteiger partial charge in [0, 0.05) is 18.0 Å². The zero-order valence-corrected chi connectivity index (χ0v) is 19.2. The van der Waals surface area contributed by atoms with Crippen molar-refractivity contribution < 1.29 is 13.2 Å². The van der Waals surface area contributed by atoms with Crippen LogP contribution in [-0.4, -0.2) is 26.4 Å². The number of rotatable bonds is 5. The van der Waals surface area contributed by atoms with Gasteiger partial charge in [-0.2, -0.15) is 0 Å². The Morgan fingerprint density at radius 3 is 2.33 bits per heavy atom. The molecule has 0 bridgehead atoms. The number of hydrogen-bond acceptors (Lipinski definition) is 5. The number of fused-ring (bicyclic) bond motifs is 3. The van der Waals surface area contributed by atoms with Gasteiger partial charge in [0.2, 0.25) is 0 Å². The molecule has 1 amide bonds. The lowest BCUT2D eigenvalue weighted by Gasteiger charge is -2.19. The fourth-order valence-corrected chi connectivity index (χ4v) is 5.67. The van der Waals surface area contributed by atoms with Crippen molar-refractivity contribution in [1.82, 2.24) is 4.98 Å². The van der Waals surface area contributed by atoms with Gasteiger partial charge in [0.15, 0.2) is 5.13 Å². The second kappa shape index (κ2) is 8.31. The third-order valence-electron chi connectivity index (χ3n) is 5.40. The fraction of sp³-hybridized carbons (Fsp3) is 0.0400. The Morgan fingerprint density at radius 1 is 0.879 bits per heavy atom. The van der Waals surface area contributed by atoms with Crippen LogP contribution in [0.1, 0.15) is 10.4 Å². The highest BCUT2D eigenvalue weighted by molar-refractivity contribution is 7.92. The molecule has 33 heavy (non-hydrogen) atoms. The number of nitrogens with one attached hydrogen (secondary N) is 1. The Kier molecular flexibility index (Phi) is 5.32. The lowest BCUT2D eigenvalue weighted by molar-refractivity contribution is 0.102. The highest BCUT2D eigenvalue weighted by Gasteiger charge is 2.21. The van der Waals surface area contributed by atoms with Gasteiger partial charge in [-0.05, 0) is 47.9 Å². The maximum atomic E-state index is 12.9. The van der Waals surface area contributed by atoms with Gasteiger partial charge in [0.05, 0.1) is 20.8 Å². The van der Waals surface area contributed by atoms with E-state index in [2.05, 4.69) is 10.3 Å². The van der Waals surface area contributed by atoms with E-state index in [0.717, 1.165) is 21.0 Å². The Balaban J connectivity index is 1.37. The molecule has 0 saturated heterocycles. The summed E-state index contributed by atoms with van der Waals surface area (Å²) in [6, 6.07) is 26.7. The van der Waals surface area contributed by atoms with Gasteiger partial charge >= 0.3 is 0 Å². The number of para-hydroxylation sites is 1. The standard InChI is InChI=1S/C25H19N3O3S2/c1-28(19-8-3-2-4-9-19)33(30,31)20-14-11-18(12-15-20)24(29)27-25-26-23-21-10-6-5-7-17(21)13-16-22(23)32-25/h2-16H,1H3,(H,26,27,29). The average molecular weight is 474 g/mol. The third-order valence-corrected chi connectivity index (χ3v) is 8.13. The predicted molar refractivity (Wildman–Crippen MR) is 134 cm³/mol. The monoisotopic (exact) mass is 473 g/mol. The van der Waals surface area contributed by atoms with Gasteiger partial charge < -0.3 is 0 Å². The number of carbonyl (C=O) groups excluding carboxylic acids is 1. The molecule has 0 unspecified atom stereocenters. The minimum absolute atomic E-state index is 0.108. The summed E-state index contributed by atoms with van der Waals surface area (Å²) in [5.74, 6) is -0.348. The van der Waals surface area contributed by atoms with Crippen molar-refractivity contribution in [3.63, 3.8) is 0 Å². The van der Waals surface area contributed by atoms with E-state index in [9.17, 15) is 13.2 Å². The first-order chi connectivity index (χ1) is 15.9. The normalized spacial score (nSPS) is 11.5. The molecule has 0 radical (unpaired) electrons. The van der Waals surface area contributed by atoms with Crippen LogP contribution in [0, 0.1) is 0 Å². The molecule has 1 N–H and O–H groups in total. The molecule has 5 aromatic rings. The van der Waals surface area contributed by atoms with Gasteiger partial charge in [0.25, 0.3) is 15.9 Å². The Bertz CT molecular complexity index is 1580. The zero-order chi connectivity index (χ0) is 23.0. The van der Waals surface area contributed by atoms with Crippen molar-refractivity contribution in [1.29, 1.82) is 0 Å². The largest absolute Gasteiger partial charge is 0.298 e. The van der Waals surface area contributed by atoms with Gasteiger partial charge in [-0.25, -0.2) is 13.4 Å². The maximum absolute atomic E-state index is 12.9. The Labute approximate surface area is 195 Å². The summed E-state index contributed by atoms with van der Waals surface area (Å²) in [6.07, 6.45) is 0. The number of amides is 1. The summed E-state index contributed by atoms with van der Waals surface area (Å²) in [7, 11) is -2.24. The van der Waals surface area contributed by atoms with Gasteiger partial charge in [0.1, 0.15) is 0 Å². The highest BCUT2D eigenvalue weighted by Crippen LogP contribution is 2.32. The molecule has 1 heterocycles. The maximum Gasteiger partial charge on any atom is 0.264 e. The molecular formula is C25H19N3O3S2. The first-order valence-corrected chi connectivity index (χ1v) is 12.4. The highest BCUT2D eigenvalue weighted by atomic mass is 32.2. The predicted octanol–water partition coefficient (Wildman–Crippen LogP) is 5.53. The number of hydrogen-bond donors (Lipinski definition) is 1. The van der Waals surface area contributed by atoms with E-state index in [1.807, 2.05) is 42.5 Å². The molecule has 0 aliphatic heterocycles. The molecule has 8 heteroatoms. The molecule has 0 fully saturated rings. The van der Waals surface area contributed by atoms with Crippen LogP contribution in [0.25, 0.3) is 21.0 Å². The van der Waals surface area contributed by atoms with E-state index in [1.165, 1.54) is 47.0 Å². The number of benzene rings is 4. The molecule has 0 saturated carbocycles. The molecule has 0 atom stereocenters. The van der Waals surface area contributed by atoms with Crippen molar-refractivity contribution in [3.8, 4) is 0 Å². The topological polar surface area (TPSA) is 79.4 Å². The van der Waals surface area contributed by atoms with Crippen molar-refractivity contribution >= 4 is 59.1 Å². The van der Waals surface area contributed by atoms with Crippen LogP contribution in [0.15, 0.2) is 95.9 Å². The smallest absolute Gasteiger partial charge is 0.264 e. The number of aromatic nitrogens is 1. The van der Waals surface area contributed by atoms with Crippen LogP contribution in [0.4, 0.5) is 10.8 Å². The minimum atomic E-state index is -3.74. The summed E-state index contributed by atoms with van der Waals surface area (Å²) in [4.78, 5) is 17.5. The molecule has 4 aromatic carbocycles. The van der Waals surface area contributed by atoms with E-state index in [1.54, 1.807) is 24.3 Å². The number of sulfonamides is 1. The molecule has 0 aliphatic rings. The van der Waals surface area contributed by atoms with Crippen molar-refractivity contribution in [3.05, 3.63) is 96.6 Å². The molecule has 0 aliphatic carbocycles. The number of thiazole rings is 1. The Hall–Kier alpha value is -3.75. The van der Waals surface area contributed by atoms with E-state index < -0.39 is 10.0 Å². The van der Waals surface area contributed by atoms with E-state index in [0.29, 0.717) is 16.4 Å². The van der Waals surface area contributed by atoms with Crippen LogP contribution in [0.3, 0.4) is 0 Å². The van der Waals surface area contributed by atoms with E-state index >= 15 is 0 Å². The lowest BCUT2D eigenvalue weighted by Crippen LogP contribution is -2.26. The van der Waals surface area contributed by atoms with Gasteiger partial charge in [-0.3, -0.25) is 14.4 Å². The second-order valence-corrected chi connectivity index (χ2v) is 10.4. The van der Waals surface area contributed by atoms with Crippen molar-refractivity contribution in [2.45, 2.75) is 4.90 Å². The Morgan fingerprint density at radius 2 is 1.58 bits per heavy atom. The van der Waals surface area contributed by atoms with Crippen LogP contribution in [0.2, 0.25) is 0 Å². The molecular weight excluding hydrogens is 454 g/mol. The summed E-state index contributed by atoms with van der Waals surface area (Å²) in [5, 5.41) is 5.44. The van der Waals surface area contributed by atoms with Crippen LogP contribution < -0.4 is 9.62 Å². The van der Waals surface area contributed by atoms with E-state index in [-0.39, 0.29) is 10.8 Å². The molecule has 5 rings (SSSR count). The molecule has 1 aromatic heterocycles. The van der Waals surface area contributed by atoms with Crippen molar-refractivity contribution in [2.75, 3.05) is 16.7 Å². The molecule has 0 spiro atoms. The number of carbonyl (C=O) groups is 1. The van der Waals surface area contributed by atoms with Gasteiger partial charge in [-0.15, -0.1) is 0 Å². The molecule has 164 valence electrons. The van der Waals surface area contributed by atoms with Crippen LogP contribution in [0.5, 0.6) is 0 Å². The minimum Gasteiger partial charge on any atom is -0.298 e. The third kappa shape index (κ3) is 3.94. The fourth-order valence-electron chi connectivity index (χ4n) is 3.60. The van der Waals surface area contributed by atoms with Crippen LogP contribution in [-0.2, 0) is 10.0 Å². The van der Waals surface area contributed by atoms with Crippen LogP contribution >= 0.6 is 11.3 Å². The summed E-state index contributed by atoms with van der Waals surface area (Å²) in [6.45, 7) is 0. The lowest BCUT2D eigenvalue weighted by atomic mass is 10.1. The number of nitrogens with zero attached hydrogens (tertiary/aromatic N) is 2. The first kappa shape index (κ1) is 21.1. The van der Waals surface area contributed by atoms with Gasteiger partial charge in [-0.1, -0.05) is 59.9 Å². The van der Waals surface area contributed by atoms with E-state index in [4.69, 9.17) is 0 Å². The zero-order valence-electron chi connectivity index (χ0n) is 17.6. The summed E-state index contributed by atoms with van der Waals surface area (Å²) < 4.78 is 28.1. The first-order valence-electron chi connectivity index (χ1n) is 10.2. The second-order valence-electron chi connectivity index (χ2n) is 7.44. The quantitative estimate of drug-likeness (QED) is 0.364. The summed E-state index contributed by atoms with van der Waals surface area (Å²) >= 11 is 1.40. The number of anilines is 2. The summed E-state index contributed by atoms with van der Waals surface area (Å²) in [5.41, 5.74) is 1.75.